The number of aromatic hydroxyl groups is 1. The standard InChI is InChI=1S/C37H42N6O13/c1-16-8-20-28(30(48)22(16)13-42-35(39)40-2)31(49)27-21(29(20)47)10-19(54-3)11-23(27)55-34-32(50)33(51)36(52,37(53,15-44)56-34)12-18(17-6-7-41-24(38)9-17)14-43-25(45)4-5-26(43)46/h4-6,8-11,18,32-34,41,44,48,50-53H,7,12-15,38H2,1-3H3,(H3,39,40,42). The summed E-state index contributed by atoms with van der Waals surface area (Å²) in [6.07, 6.45) is -2.25. The molecule has 2 aromatic rings. The van der Waals surface area contributed by atoms with E-state index in [9.17, 15) is 49.8 Å². The summed E-state index contributed by atoms with van der Waals surface area (Å²) in [6.45, 7) is 0.0188. The Morgan fingerprint density at radius 1 is 1.11 bits per heavy atom. The van der Waals surface area contributed by atoms with Crippen LogP contribution in [0.3, 0.4) is 0 Å². The average Bonchev–Trinajstić information content (AvgIpc) is 3.49. The fourth-order valence-corrected chi connectivity index (χ4v) is 7.27. The second-order valence-electron chi connectivity index (χ2n) is 13.7. The molecule has 298 valence electrons. The highest BCUT2D eigenvalue weighted by Crippen LogP contribution is 2.46. The summed E-state index contributed by atoms with van der Waals surface area (Å²) in [7, 11) is 2.72. The highest BCUT2D eigenvalue weighted by molar-refractivity contribution is 6.30. The Bertz CT molecular complexity index is 2110. The van der Waals surface area contributed by atoms with Crippen molar-refractivity contribution >= 4 is 29.3 Å². The minimum Gasteiger partial charge on any atom is -0.507 e. The molecule has 0 aromatic heterocycles. The van der Waals surface area contributed by atoms with Crippen molar-refractivity contribution in [2.24, 2.45) is 22.4 Å². The van der Waals surface area contributed by atoms with Crippen molar-refractivity contribution < 1.29 is 64.0 Å². The van der Waals surface area contributed by atoms with E-state index in [0.29, 0.717) is 11.1 Å². The van der Waals surface area contributed by atoms with Gasteiger partial charge in [-0.15, -0.1) is 0 Å². The Hall–Kier alpha value is -5.83. The molecular weight excluding hydrogens is 736 g/mol. The molecule has 0 saturated carbocycles. The number of methoxy groups -OCH3 is 1. The van der Waals surface area contributed by atoms with Crippen LogP contribution in [0, 0.1) is 12.8 Å². The highest BCUT2D eigenvalue weighted by atomic mass is 16.8. The number of ketones is 2. The number of benzene rings is 2. The number of fused-ring (bicyclic) bond motifs is 2. The van der Waals surface area contributed by atoms with E-state index < -0.39 is 89.3 Å². The van der Waals surface area contributed by atoms with Gasteiger partial charge in [0.25, 0.3) is 11.8 Å². The molecule has 4 aliphatic rings. The largest absolute Gasteiger partial charge is 0.507 e. The first-order valence-electron chi connectivity index (χ1n) is 17.3. The maximum absolute atomic E-state index is 14.2. The number of carbonyl (C=O) groups is 4. The second-order valence-corrected chi connectivity index (χ2v) is 13.7. The molecule has 2 aromatic carbocycles. The van der Waals surface area contributed by atoms with Gasteiger partial charge in [-0.1, -0.05) is 6.08 Å². The molecule has 19 heteroatoms. The quantitative estimate of drug-likeness (QED) is 0.0553. The lowest BCUT2D eigenvalue weighted by atomic mass is 9.73. The van der Waals surface area contributed by atoms with E-state index in [2.05, 4.69) is 15.6 Å². The molecular formula is C37H42N6O13. The minimum absolute atomic E-state index is 0.00475. The van der Waals surface area contributed by atoms with E-state index in [1.54, 1.807) is 13.0 Å². The number of imide groups is 1. The van der Waals surface area contributed by atoms with Crippen molar-refractivity contribution in [1.82, 2.24) is 15.5 Å². The lowest BCUT2D eigenvalue weighted by Gasteiger charge is -2.53. The highest BCUT2D eigenvalue weighted by Gasteiger charge is 2.65. The van der Waals surface area contributed by atoms with E-state index in [1.165, 1.54) is 32.4 Å². The number of aliphatic hydroxyl groups is 5. The first kappa shape index (κ1) is 39.9. The van der Waals surface area contributed by atoms with Gasteiger partial charge in [0.15, 0.2) is 11.7 Å². The third-order valence-corrected chi connectivity index (χ3v) is 10.4. The summed E-state index contributed by atoms with van der Waals surface area (Å²) in [5.41, 5.74) is 8.78. The van der Waals surface area contributed by atoms with Gasteiger partial charge in [-0.25, -0.2) is 0 Å². The number of guanidine groups is 1. The van der Waals surface area contributed by atoms with Gasteiger partial charge in [-0.2, -0.15) is 0 Å². The van der Waals surface area contributed by atoms with Gasteiger partial charge in [0, 0.05) is 67.5 Å². The third kappa shape index (κ3) is 6.73. The third-order valence-electron chi connectivity index (χ3n) is 10.4. The van der Waals surface area contributed by atoms with Gasteiger partial charge in [0.05, 0.1) is 24.1 Å². The SMILES string of the molecule is CN=C(N)NCc1c(C)cc2c(c1O)C(=O)c1c(OC3OC(O)(CO)C(O)(CC(CN4C(=O)C=CC4=O)C4=CCNC(N)=C4)C(O)C3O)cc(OC)cc1C2=O. The van der Waals surface area contributed by atoms with Crippen LogP contribution in [0.25, 0.3) is 0 Å². The molecule has 12 N–H and O–H groups in total. The number of nitrogens with one attached hydrogen (secondary N) is 2. The molecule has 3 aliphatic heterocycles. The van der Waals surface area contributed by atoms with Crippen LogP contribution in [0.5, 0.6) is 17.2 Å². The zero-order valence-electron chi connectivity index (χ0n) is 30.5. The molecule has 0 spiro atoms. The van der Waals surface area contributed by atoms with Crippen molar-refractivity contribution in [3.05, 3.63) is 87.3 Å². The van der Waals surface area contributed by atoms with Crippen LogP contribution in [0.2, 0.25) is 0 Å². The molecule has 6 atom stereocenters. The number of aliphatic hydroxyl groups excluding tert-OH is 3. The predicted octanol–water partition coefficient (Wildman–Crippen LogP) is -2.35. The Balaban J connectivity index is 1.36. The monoisotopic (exact) mass is 778 g/mol. The normalized spacial score (nSPS) is 26.6. The summed E-state index contributed by atoms with van der Waals surface area (Å²) in [4.78, 5) is 57.9. The number of nitrogens with zero attached hydrogens (tertiary/aromatic N) is 2. The molecule has 0 bridgehead atoms. The van der Waals surface area contributed by atoms with E-state index in [-0.39, 0.29) is 59.4 Å². The van der Waals surface area contributed by atoms with Crippen LogP contribution in [0.4, 0.5) is 0 Å². The van der Waals surface area contributed by atoms with Crippen molar-refractivity contribution in [3.63, 3.8) is 0 Å². The molecule has 2 amide bonds. The first-order chi connectivity index (χ1) is 26.5. The topological polar surface area (TPSA) is 309 Å². The lowest BCUT2D eigenvalue weighted by molar-refractivity contribution is -0.420. The number of allylic oxidation sites excluding steroid dienone is 1. The minimum atomic E-state index is -3.11. The zero-order chi connectivity index (χ0) is 40.9. The zero-order valence-corrected chi connectivity index (χ0v) is 30.5. The van der Waals surface area contributed by atoms with Gasteiger partial charge in [-0.05, 0) is 42.7 Å². The van der Waals surface area contributed by atoms with E-state index in [1.807, 2.05) is 0 Å². The van der Waals surface area contributed by atoms with Gasteiger partial charge in [0.1, 0.15) is 41.7 Å². The number of dihydropyridines is 1. The molecule has 1 aliphatic carbocycles. The van der Waals surface area contributed by atoms with E-state index >= 15 is 0 Å². The van der Waals surface area contributed by atoms with Gasteiger partial charge >= 0.3 is 0 Å². The number of nitrogens with two attached hydrogens (primary N) is 2. The summed E-state index contributed by atoms with van der Waals surface area (Å²) in [6, 6.07) is 3.87. The fraction of sp³-hybridized carbons (Fsp3) is 0.378. The maximum atomic E-state index is 14.2. The van der Waals surface area contributed by atoms with Crippen molar-refractivity contribution in [3.8, 4) is 17.2 Å². The van der Waals surface area contributed by atoms with Crippen LogP contribution < -0.4 is 31.6 Å². The van der Waals surface area contributed by atoms with Crippen LogP contribution in [-0.4, -0.2) is 129 Å². The van der Waals surface area contributed by atoms with Gasteiger partial charge in [-0.3, -0.25) is 29.1 Å². The average molecular weight is 779 g/mol. The summed E-state index contributed by atoms with van der Waals surface area (Å²) in [5.74, 6) is -7.77. The first-order valence-corrected chi connectivity index (χ1v) is 17.3. The van der Waals surface area contributed by atoms with E-state index in [4.69, 9.17) is 25.7 Å². The lowest BCUT2D eigenvalue weighted by Crippen LogP contribution is -2.75. The Labute approximate surface area is 319 Å². The Kier molecular flexibility index (Phi) is 10.7. The molecule has 1 fully saturated rings. The molecule has 19 nitrogen and oxygen atoms in total. The Morgan fingerprint density at radius 2 is 1.79 bits per heavy atom. The van der Waals surface area contributed by atoms with Gasteiger partial charge < -0.3 is 67.0 Å². The van der Waals surface area contributed by atoms with Crippen LogP contribution in [-0.2, 0) is 20.9 Å². The summed E-state index contributed by atoms with van der Waals surface area (Å²) < 4.78 is 16.9. The van der Waals surface area contributed by atoms with Crippen LogP contribution >= 0.6 is 0 Å². The number of phenols is 1. The predicted molar refractivity (Wildman–Crippen MR) is 194 cm³/mol. The number of hydrogen-bond acceptors (Lipinski definition) is 16. The van der Waals surface area contributed by atoms with Crippen LogP contribution in [0.1, 0.15) is 49.4 Å². The van der Waals surface area contributed by atoms with E-state index in [0.717, 1.165) is 23.1 Å². The number of hydrogen-bond donors (Lipinski definition) is 10. The second kappa shape index (κ2) is 15.0. The molecule has 56 heavy (non-hydrogen) atoms. The van der Waals surface area contributed by atoms with Crippen molar-refractivity contribution in [2.75, 3.05) is 33.9 Å². The van der Waals surface area contributed by atoms with Gasteiger partial charge in [0.2, 0.25) is 17.9 Å². The number of carbonyl (C=O) groups excluding carboxylic acids is 4. The summed E-state index contributed by atoms with van der Waals surface area (Å²) in [5, 5.41) is 74.4. The number of aryl methyl sites for hydroxylation is 1. The number of amides is 2. The number of rotatable bonds is 11. The molecule has 0 radical (unpaired) electrons. The molecule has 6 unspecified atom stereocenters. The number of aliphatic imine (C=N–C) groups is 1. The number of phenolic OH excluding ortho intramolecular Hbond substituents is 1. The number of ether oxygens (including phenoxy) is 3. The molecule has 6 rings (SSSR count). The van der Waals surface area contributed by atoms with Crippen molar-refractivity contribution in [1.29, 1.82) is 0 Å². The summed E-state index contributed by atoms with van der Waals surface area (Å²) >= 11 is 0. The smallest absolute Gasteiger partial charge is 0.253 e. The fourth-order valence-electron chi connectivity index (χ4n) is 7.27. The molecule has 1 saturated heterocycles. The Morgan fingerprint density at radius 3 is 2.41 bits per heavy atom. The maximum Gasteiger partial charge on any atom is 0.253 e. The molecule has 3 heterocycles. The van der Waals surface area contributed by atoms with Crippen LogP contribution in [0.15, 0.2) is 58.9 Å². The van der Waals surface area contributed by atoms with Crippen molar-refractivity contribution in [2.45, 2.75) is 49.8 Å².